The molecule has 6 heterocycles. The van der Waals surface area contributed by atoms with Gasteiger partial charge in [-0.25, -0.2) is 13.8 Å². The van der Waals surface area contributed by atoms with E-state index in [2.05, 4.69) is 19.9 Å². The van der Waals surface area contributed by atoms with Gasteiger partial charge in [-0.15, -0.1) is 11.3 Å². The standard InChI is InChI=1S/C25H26F4N6O3S.C7H12FN/c1-34(2)23(36)22-31-15-5-4-8-35(10-18(15)39-22)21-12-11-38-17(9-16(12)32-24(33-21)37-3)19-13(25(27,28)29)6-7-14(30)20(19)26;8-6-4-7-2-1-3-9(7)5-6/h6-7,17H,4-5,8-11,30H2,1-3H3;6-7H,1-5H2. The summed E-state index contributed by atoms with van der Waals surface area (Å²) in [6, 6.07) is 2.30. The van der Waals surface area contributed by atoms with Crippen LogP contribution in [0.5, 0.6) is 6.01 Å². The van der Waals surface area contributed by atoms with Crippen LogP contribution < -0.4 is 15.4 Å². The maximum atomic E-state index is 15.0. The van der Waals surface area contributed by atoms with Crippen molar-refractivity contribution in [1.82, 2.24) is 24.8 Å². The molecule has 0 saturated carbocycles. The van der Waals surface area contributed by atoms with E-state index < -0.39 is 41.1 Å². The van der Waals surface area contributed by atoms with Gasteiger partial charge in [-0.05, 0) is 50.8 Å². The summed E-state index contributed by atoms with van der Waals surface area (Å²) in [5.41, 5.74) is 5.28. The molecule has 3 atom stereocenters. The Balaban J connectivity index is 0.000000381. The second-order valence-corrected chi connectivity index (χ2v) is 13.7. The SMILES string of the molecule is COc1nc2c(c(N3CCCc4nc(C(=O)N(C)C)sc4C3)n1)COC(c1c(C(F)(F)F)ccc(N)c1F)C2.FC1CC2CCCN2C1. The summed E-state index contributed by atoms with van der Waals surface area (Å²) >= 11 is 1.33. The molecule has 10 nitrogen and oxygen atoms in total. The van der Waals surface area contributed by atoms with E-state index >= 15 is 0 Å². The fraction of sp³-hybridized carbons (Fsp3) is 0.562. The summed E-state index contributed by atoms with van der Waals surface area (Å²) in [4.78, 5) is 32.6. The van der Waals surface area contributed by atoms with Crippen molar-refractivity contribution >= 4 is 28.7 Å². The molecule has 48 heavy (non-hydrogen) atoms. The van der Waals surface area contributed by atoms with E-state index in [4.69, 9.17) is 15.2 Å². The molecule has 0 aliphatic carbocycles. The third-order valence-corrected chi connectivity index (χ3v) is 10.3. The number of carbonyl (C=O) groups excluding carboxylic acids is 1. The lowest BCUT2D eigenvalue weighted by molar-refractivity contribution is -0.140. The van der Waals surface area contributed by atoms with Gasteiger partial charge in [0.25, 0.3) is 5.91 Å². The first-order valence-electron chi connectivity index (χ1n) is 15.9. The summed E-state index contributed by atoms with van der Waals surface area (Å²) < 4.78 is 80.0. The van der Waals surface area contributed by atoms with Crippen LogP contribution in [0.25, 0.3) is 0 Å². The van der Waals surface area contributed by atoms with Gasteiger partial charge in [0.05, 0.1) is 49.0 Å². The van der Waals surface area contributed by atoms with Crippen LogP contribution in [0.3, 0.4) is 0 Å². The molecule has 1 aromatic carbocycles. The first-order chi connectivity index (χ1) is 22.8. The molecule has 3 aromatic rings. The number of aromatic nitrogens is 3. The molecule has 1 amide bonds. The number of anilines is 2. The van der Waals surface area contributed by atoms with Gasteiger partial charge in [-0.3, -0.25) is 9.69 Å². The number of hydrogen-bond donors (Lipinski definition) is 1. The second-order valence-electron chi connectivity index (χ2n) is 12.6. The normalized spacial score (nSPS) is 22.2. The van der Waals surface area contributed by atoms with Crippen molar-refractivity contribution < 1.29 is 36.2 Å². The van der Waals surface area contributed by atoms with Gasteiger partial charge in [0.1, 0.15) is 12.0 Å². The van der Waals surface area contributed by atoms with Crippen LogP contribution in [0, 0.1) is 5.82 Å². The van der Waals surface area contributed by atoms with E-state index in [1.807, 2.05) is 4.90 Å². The molecule has 0 spiro atoms. The Morgan fingerprint density at radius 3 is 2.65 bits per heavy atom. The number of methoxy groups -OCH3 is 1. The van der Waals surface area contributed by atoms with Gasteiger partial charge in [-0.2, -0.15) is 23.1 Å². The number of thiazole rings is 1. The predicted molar refractivity (Wildman–Crippen MR) is 169 cm³/mol. The smallest absolute Gasteiger partial charge is 0.416 e. The van der Waals surface area contributed by atoms with Gasteiger partial charge < -0.3 is 25.0 Å². The minimum absolute atomic E-state index is 0.0331. The molecule has 0 bridgehead atoms. The molecule has 2 fully saturated rings. The highest BCUT2D eigenvalue weighted by atomic mass is 32.1. The number of alkyl halides is 4. The zero-order valence-electron chi connectivity index (χ0n) is 26.9. The number of halogens is 5. The van der Waals surface area contributed by atoms with Crippen molar-refractivity contribution in [2.45, 2.75) is 76.2 Å². The van der Waals surface area contributed by atoms with Gasteiger partial charge >= 0.3 is 12.2 Å². The fourth-order valence-electron chi connectivity index (χ4n) is 6.82. The van der Waals surface area contributed by atoms with Crippen molar-refractivity contribution in [1.29, 1.82) is 0 Å². The Kier molecular flexibility index (Phi) is 9.78. The average molecular weight is 696 g/mol. The largest absolute Gasteiger partial charge is 0.467 e. The summed E-state index contributed by atoms with van der Waals surface area (Å²) in [6.07, 6.45) is -1.96. The number of nitrogens with two attached hydrogens (primary N) is 1. The van der Waals surface area contributed by atoms with Gasteiger partial charge in [0.2, 0.25) is 0 Å². The predicted octanol–water partition coefficient (Wildman–Crippen LogP) is 5.34. The molecule has 260 valence electrons. The van der Waals surface area contributed by atoms with Crippen molar-refractivity contribution in [3.8, 4) is 6.01 Å². The summed E-state index contributed by atoms with van der Waals surface area (Å²) in [5.74, 6) is -0.818. The van der Waals surface area contributed by atoms with Crippen molar-refractivity contribution in [2.75, 3.05) is 51.5 Å². The maximum absolute atomic E-state index is 15.0. The number of rotatable bonds is 4. The van der Waals surface area contributed by atoms with Gasteiger partial charge in [0.15, 0.2) is 10.8 Å². The van der Waals surface area contributed by atoms with Gasteiger partial charge in [-0.1, -0.05) is 0 Å². The zero-order chi connectivity index (χ0) is 34.3. The highest BCUT2D eigenvalue weighted by Crippen LogP contribution is 2.43. The lowest BCUT2D eigenvalue weighted by atomic mass is 9.94. The van der Waals surface area contributed by atoms with Crippen molar-refractivity contribution in [3.05, 3.63) is 55.9 Å². The van der Waals surface area contributed by atoms with Crippen molar-refractivity contribution in [2.24, 2.45) is 0 Å². The first-order valence-corrected chi connectivity index (χ1v) is 16.7. The number of benzene rings is 1. The third kappa shape index (κ3) is 6.92. The van der Waals surface area contributed by atoms with Crippen molar-refractivity contribution in [3.63, 3.8) is 0 Å². The average Bonchev–Trinajstić information content (AvgIpc) is 3.71. The lowest BCUT2D eigenvalue weighted by Crippen LogP contribution is -2.29. The van der Waals surface area contributed by atoms with Crippen LogP contribution in [-0.4, -0.2) is 83.7 Å². The molecule has 2 saturated heterocycles. The highest BCUT2D eigenvalue weighted by molar-refractivity contribution is 7.13. The molecule has 4 aliphatic heterocycles. The minimum atomic E-state index is -4.80. The number of carbonyl (C=O) groups is 1. The third-order valence-electron chi connectivity index (χ3n) is 9.18. The lowest BCUT2D eigenvalue weighted by Gasteiger charge is -2.31. The summed E-state index contributed by atoms with van der Waals surface area (Å²) in [7, 11) is 4.73. The number of aryl methyl sites for hydroxylation is 1. The number of nitrogens with zero attached hydrogens (tertiary/aromatic N) is 6. The number of nitrogen functional groups attached to an aromatic ring is 1. The molecule has 0 radical (unpaired) electrons. The molecule has 7 rings (SSSR count). The highest BCUT2D eigenvalue weighted by Gasteiger charge is 2.40. The van der Waals surface area contributed by atoms with E-state index in [0.29, 0.717) is 54.2 Å². The van der Waals surface area contributed by atoms with Crippen LogP contribution in [0.2, 0.25) is 0 Å². The number of hydrogen-bond acceptors (Lipinski definition) is 10. The molecule has 2 aromatic heterocycles. The Bertz CT molecular complexity index is 1660. The molecule has 2 N–H and O–H groups in total. The van der Waals surface area contributed by atoms with Crippen LogP contribution in [-0.2, 0) is 36.9 Å². The summed E-state index contributed by atoms with van der Waals surface area (Å²) in [5, 5.41) is 0.407. The Morgan fingerprint density at radius 2 is 1.94 bits per heavy atom. The summed E-state index contributed by atoms with van der Waals surface area (Å²) in [6.45, 7) is 2.75. The monoisotopic (exact) mass is 695 g/mol. The first kappa shape index (κ1) is 34.2. The zero-order valence-corrected chi connectivity index (χ0v) is 27.8. The molecule has 16 heteroatoms. The van der Waals surface area contributed by atoms with E-state index in [9.17, 15) is 26.7 Å². The van der Waals surface area contributed by atoms with Gasteiger partial charge in [0, 0.05) is 55.7 Å². The molecule has 3 unspecified atom stereocenters. The number of fused-ring (bicyclic) bond motifs is 3. The van der Waals surface area contributed by atoms with Crippen LogP contribution in [0.1, 0.15) is 74.5 Å². The topological polar surface area (TPSA) is 110 Å². The van der Waals surface area contributed by atoms with Crippen LogP contribution >= 0.6 is 11.3 Å². The Labute approximate surface area is 279 Å². The molecule has 4 aliphatic rings. The van der Waals surface area contributed by atoms with Crippen LogP contribution in [0.4, 0.5) is 33.5 Å². The van der Waals surface area contributed by atoms with E-state index in [-0.39, 0.29) is 24.9 Å². The Morgan fingerprint density at radius 1 is 1.15 bits per heavy atom. The maximum Gasteiger partial charge on any atom is 0.416 e. The Hall–Kier alpha value is -3.63. The quantitative estimate of drug-likeness (QED) is 0.286. The van der Waals surface area contributed by atoms with E-state index in [1.165, 1.54) is 36.2 Å². The van der Waals surface area contributed by atoms with E-state index in [1.54, 1.807) is 14.1 Å². The molecular formula is C32H38F5N7O3S. The minimum Gasteiger partial charge on any atom is -0.467 e. The second kappa shape index (κ2) is 13.7. The van der Waals surface area contributed by atoms with Crippen LogP contribution in [0.15, 0.2) is 12.1 Å². The number of ether oxygens (including phenoxy) is 2. The fourth-order valence-corrected chi connectivity index (χ4v) is 7.97. The molecular weight excluding hydrogens is 657 g/mol. The number of amides is 1. The van der Waals surface area contributed by atoms with E-state index in [0.717, 1.165) is 42.1 Å².